The van der Waals surface area contributed by atoms with Gasteiger partial charge in [0, 0.05) is 15.9 Å². The quantitative estimate of drug-likeness (QED) is 0.870. The summed E-state index contributed by atoms with van der Waals surface area (Å²) in [7, 11) is 1.74. The Balaban J connectivity index is 2.33. The summed E-state index contributed by atoms with van der Waals surface area (Å²) in [4.78, 5) is 0.799. The van der Waals surface area contributed by atoms with Crippen molar-refractivity contribution >= 4 is 27.7 Å². The van der Waals surface area contributed by atoms with E-state index in [2.05, 4.69) is 21.2 Å². The minimum Gasteiger partial charge on any atom is -0.316 e. The zero-order chi connectivity index (χ0) is 13.8. The molecule has 0 atom stereocenters. The lowest BCUT2D eigenvalue weighted by Gasteiger charge is -2.09. The molecule has 0 heterocycles. The molecule has 0 saturated carbocycles. The largest absolute Gasteiger partial charge is 0.316 e. The van der Waals surface area contributed by atoms with Crippen molar-refractivity contribution in [1.82, 2.24) is 5.32 Å². The van der Waals surface area contributed by atoms with Crippen LogP contribution in [0.1, 0.15) is 5.56 Å². The van der Waals surface area contributed by atoms with Gasteiger partial charge in [-0.15, -0.1) is 0 Å². The summed E-state index contributed by atoms with van der Waals surface area (Å²) in [5.74, 6) is -1.07. The van der Waals surface area contributed by atoms with Crippen LogP contribution < -0.4 is 5.32 Å². The monoisotopic (exact) mass is 343 g/mol. The summed E-state index contributed by atoms with van der Waals surface area (Å²) in [6, 6.07) is 10.1. The van der Waals surface area contributed by atoms with E-state index < -0.39 is 11.6 Å². The Bertz CT molecular complexity index is 566. The average Bonchev–Trinajstić information content (AvgIpc) is 2.36. The number of benzene rings is 2. The molecule has 100 valence electrons. The number of rotatable bonds is 4. The Morgan fingerprint density at radius 3 is 2.37 bits per heavy atom. The van der Waals surface area contributed by atoms with Crippen molar-refractivity contribution in [1.29, 1.82) is 0 Å². The lowest BCUT2D eigenvalue weighted by molar-refractivity contribution is 0.536. The van der Waals surface area contributed by atoms with Crippen LogP contribution in [0.3, 0.4) is 0 Å². The average molecular weight is 344 g/mol. The van der Waals surface area contributed by atoms with Crippen LogP contribution in [0, 0.1) is 11.6 Å². The predicted octanol–water partition coefficient (Wildman–Crippen LogP) is 4.60. The van der Waals surface area contributed by atoms with Crippen LogP contribution in [0.25, 0.3) is 0 Å². The maximum atomic E-state index is 13.9. The van der Waals surface area contributed by atoms with Crippen LogP contribution in [0.2, 0.25) is 0 Å². The van der Waals surface area contributed by atoms with Gasteiger partial charge >= 0.3 is 0 Å². The fourth-order valence-electron chi connectivity index (χ4n) is 1.65. The number of hydrogen-bond donors (Lipinski definition) is 1. The van der Waals surface area contributed by atoms with Crippen LogP contribution in [-0.4, -0.2) is 7.05 Å². The molecule has 0 spiro atoms. The van der Waals surface area contributed by atoms with Crippen LogP contribution in [0.5, 0.6) is 0 Å². The first-order valence-corrected chi connectivity index (χ1v) is 7.27. The van der Waals surface area contributed by atoms with Crippen LogP contribution in [0.15, 0.2) is 50.7 Å². The number of halogens is 3. The molecule has 19 heavy (non-hydrogen) atoms. The van der Waals surface area contributed by atoms with Crippen LogP contribution in [-0.2, 0) is 6.54 Å². The highest BCUT2D eigenvalue weighted by molar-refractivity contribution is 9.10. The molecule has 0 fully saturated rings. The first kappa shape index (κ1) is 14.5. The first-order valence-electron chi connectivity index (χ1n) is 5.66. The highest BCUT2D eigenvalue weighted by Crippen LogP contribution is 2.36. The third kappa shape index (κ3) is 3.55. The van der Waals surface area contributed by atoms with Gasteiger partial charge in [-0.05, 0) is 52.8 Å². The smallest absolute Gasteiger partial charge is 0.140 e. The summed E-state index contributed by atoms with van der Waals surface area (Å²) in [5, 5.41) is 2.87. The molecule has 2 aromatic carbocycles. The molecule has 2 aromatic rings. The normalized spacial score (nSPS) is 10.7. The molecule has 0 aromatic heterocycles. The van der Waals surface area contributed by atoms with Gasteiger partial charge in [-0.1, -0.05) is 23.9 Å². The van der Waals surface area contributed by atoms with E-state index in [4.69, 9.17) is 0 Å². The third-order valence-electron chi connectivity index (χ3n) is 2.49. The van der Waals surface area contributed by atoms with Crippen molar-refractivity contribution in [3.8, 4) is 0 Å². The lowest BCUT2D eigenvalue weighted by Crippen LogP contribution is -2.06. The molecule has 0 aliphatic carbocycles. The molecule has 1 N–H and O–H groups in total. The molecule has 0 bridgehead atoms. The Morgan fingerprint density at radius 2 is 1.79 bits per heavy atom. The topological polar surface area (TPSA) is 12.0 Å². The van der Waals surface area contributed by atoms with Gasteiger partial charge in [0.05, 0.1) is 4.90 Å². The van der Waals surface area contributed by atoms with Gasteiger partial charge < -0.3 is 5.32 Å². The highest BCUT2D eigenvalue weighted by Gasteiger charge is 2.13. The maximum absolute atomic E-state index is 13.9. The van der Waals surface area contributed by atoms with E-state index in [1.54, 1.807) is 7.05 Å². The van der Waals surface area contributed by atoms with Crippen molar-refractivity contribution in [2.24, 2.45) is 0 Å². The summed E-state index contributed by atoms with van der Waals surface area (Å²) in [5.41, 5.74) is 0.592. The summed E-state index contributed by atoms with van der Waals surface area (Å²) < 4.78 is 28.7. The lowest BCUT2D eigenvalue weighted by atomic mass is 10.2. The zero-order valence-electron chi connectivity index (χ0n) is 10.2. The molecule has 0 radical (unpaired) electrons. The Hall–Kier alpha value is -0.910. The maximum Gasteiger partial charge on any atom is 0.140 e. The molecule has 2 rings (SSSR count). The highest BCUT2D eigenvalue weighted by atomic mass is 79.9. The van der Waals surface area contributed by atoms with Crippen LogP contribution in [0.4, 0.5) is 8.78 Å². The van der Waals surface area contributed by atoms with E-state index in [-0.39, 0.29) is 4.90 Å². The van der Waals surface area contributed by atoms with Crippen molar-refractivity contribution < 1.29 is 8.78 Å². The van der Waals surface area contributed by atoms with Gasteiger partial charge in [0.2, 0.25) is 0 Å². The molecule has 0 amide bonds. The van der Waals surface area contributed by atoms with Crippen molar-refractivity contribution in [3.05, 3.63) is 58.1 Å². The van der Waals surface area contributed by atoms with Crippen LogP contribution >= 0.6 is 27.7 Å². The Kier molecular flexibility index (Phi) is 4.96. The Labute approximate surface area is 123 Å². The summed E-state index contributed by atoms with van der Waals surface area (Å²) in [6.45, 7) is 0.438. The molecule has 0 aliphatic rings. The fraction of sp³-hybridized carbons (Fsp3) is 0.143. The minimum atomic E-state index is -0.536. The van der Waals surface area contributed by atoms with E-state index in [0.717, 1.165) is 21.1 Å². The zero-order valence-corrected chi connectivity index (χ0v) is 12.6. The summed E-state index contributed by atoms with van der Waals surface area (Å²) >= 11 is 4.44. The Morgan fingerprint density at radius 1 is 1.16 bits per heavy atom. The second-order valence-electron chi connectivity index (χ2n) is 3.95. The number of hydrogen-bond acceptors (Lipinski definition) is 2. The summed E-state index contributed by atoms with van der Waals surface area (Å²) in [6.07, 6.45) is 0. The van der Waals surface area contributed by atoms with E-state index in [9.17, 15) is 8.78 Å². The number of nitrogens with one attached hydrogen (secondary N) is 1. The van der Waals surface area contributed by atoms with E-state index in [0.29, 0.717) is 12.1 Å². The molecule has 5 heteroatoms. The fourth-order valence-corrected chi connectivity index (χ4v) is 3.03. The molecular weight excluding hydrogens is 332 g/mol. The molecule has 0 unspecified atom stereocenters. The van der Waals surface area contributed by atoms with Crippen molar-refractivity contribution in [2.75, 3.05) is 7.05 Å². The van der Waals surface area contributed by atoms with Gasteiger partial charge in [0.15, 0.2) is 0 Å². The van der Waals surface area contributed by atoms with Crippen molar-refractivity contribution in [2.45, 2.75) is 16.3 Å². The van der Waals surface area contributed by atoms with Gasteiger partial charge in [-0.3, -0.25) is 0 Å². The molecular formula is C14H12BrF2NS. The second kappa shape index (κ2) is 6.50. The molecule has 0 saturated heterocycles. The predicted molar refractivity (Wildman–Crippen MR) is 77.4 cm³/mol. The van der Waals surface area contributed by atoms with E-state index in [1.807, 2.05) is 24.3 Å². The standard InChI is InChI=1S/C14H12BrF2NS/c1-18-8-9-6-11(16)14(12(17)7-9)19-13-5-3-2-4-10(13)15/h2-7,18H,8H2,1H3. The van der Waals surface area contributed by atoms with E-state index >= 15 is 0 Å². The SMILES string of the molecule is CNCc1cc(F)c(Sc2ccccc2Br)c(F)c1. The van der Waals surface area contributed by atoms with Gasteiger partial charge in [0.25, 0.3) is 0 Å². The van der Waals surface area contributed by atoms with Gasteiger partial charge in [0.1, 0.15) is 11.6 Å². The first-order chi connectivity index (χ1) is 9.11. The van der Waals surface area contributed by atoms with E-state index in [1.165, 1.54) is 12.1 Å². The third-order valence-corrected chi connectivity index (χ3v) is 4.61. The second-order valence-corrected chi connectivity index (χ2v) is 5.86. The van der Waals surface area contributed by atoms with Crippen molar-refractivity contribution in [3.63, 3.8) is 0 Å². The minimum absolute atomic E-state index is 0.0201. The van der Waals surface area contributed by atoms with Gasteiger partial charge in [-0.25, -0.2) is 8.78 Å². The van der Waals surface area contributed by atoms with Gasteiger partial charge in [-0.2, -0.15) is 0 Å². The molecule has 1 nitrogen and oxygen atoms in total. The molecule has 0 aliphatic heterocycles.